The molecule has 0 unspecified atom stereocenters. The summed E-state index contributed by atoms with van der Waals surface area (Å²) in [6.45, 7) is 0.316. The van der Waals surface area contributed by atoms with Gasteiger partial charge in [-0.3, -0.25) is 4.98 Å². The minimum Gasteiger partial charge on any atom is -0.397 e. The molecule has 0 radical (unpaired) electrons. The van der Waals surface area contributed by atoms with Crippen molar-refractivity contribution in [3.05, 3.63) is 24.3 Å². The molecular weight excluding hydrogens is 132 g/mol. The van der Waals surface area contributed by atoms with Gasteiger partial charge in [0.05, 0.1) is 6.20 Å². The van der Waals surface area contributed by atoms with Crippen LogP contribution >= 0.6 is 0 Å². The molecular formula is C6H5N2O2+. The molecule has 0 bridgehead atoms. The van der Waals surface area contributed by atoms with E-state index in [-0.39, 0.29) is 5.97 Å². The van der Waals surface area contributed by atoms with E-state index in [1.54, 1.807) is 17.0 Å². The van der Waals surface area contributed by atoms with Crippen molar-refractivity contribution in [3.63, 3.8) is 0 Å². The van der Waals surface area contributed by atoms with Gasteiger partial charge in [0.25, 0.3) is 6.73 Å². The quantitative estimate of drug-likeness (QED) is 0.357. The van der Waals surface area contributed by atoms with Gasteiger partial charge in [-0.15, -0.1) is 0 Å². The number of aromatic nitrogens is 2. The van der Waals surface area contributed by atoms with Crippen molar-refractivity contribution in [3.8, 4) is 0 Å². The van der Waals surface area contributed by atoms with Gasteiger partial charge in [-0.2, -0.15) is 4.57 Å². The third-order valence-electron chi connectivity index (χ3n) is 1.38. The summed E-state index contributed by atoms with van der Waals surface area (Å²) in [5, 5.41) is 0. The van der Waals surface area contributed by atoms with Gasteiger partial charge in [0, 0.05) is 0 Å². The van der Waals surface area contributed by atoms with Crippen LogP contribution in [-0.4, -0.2) is 11.0 Å². The van der Waals surface area contributed by atoms with Crippen molar-refractivity contribution in [1.29, 1.82) is 0 Å². The van der Waals surface area contributed by atoms with E-state index >= 15 is 0 Å². The number of cyclic esters (lactones) is 1. The van der Waals surface area contributed by atoms with Gasteiger partial charge in [-0.25, -0.2) is 4.79 Å². The summed E-state index contributed by atoms with van der Waals surface area (Å²) in [7, 11) is 0. The molecule has 0 amide bonds. The first-order valence-electron chi connectivity index (χ1n) is 2.88. The number of carbonyl (C=O) groups is 1. The standard InChI is InChI=1S/C6H5N2O2/c9-6-5-3-7-1-2-8(5)4-10-6/h1-3H,4H2/q+1. The first kappa shape index (κ1) is 5.34. The Morgan fingerprint density at radius 1 is 1.70 bits per heavy atom. The van der Waals surface area contributed by atoms with E-state index in [1.807, 2.05) is 0 Å². The van der Waals surface area contributed by atoms with Crippen molar-refractivity contribution in [2.45, 2.75) is 6.73 Å². The maximum atomic E-state index is 10.8. The van der Waals surface area contributed by atoms with Crippen molar-refractivity contribution in [2.75, 3.05) is 0 Å². The van der Waals surface area contributed by atoms with Crippen LogP contribution in [0.1, 0.15) is 10.5 Å². The van der Waals surface area contributed by atoms with Gasteiger partial charge < -0.3 is 4.74 Å². The van der Waals surface area contributed by atoms with E-state index in [9.17, 15) is 4.79 Å². The van der Waals surface area contributed by atoms with Gasteiger partial charge in [0.1, 0.15) is 6.20 Å². The third kappa shape index (κ3) is 0.586. The zero-order valence-electron chi connectivity index (χ0n) is 5.15. The largest absolute Gasteiger partial charge is 0.410 e. The lowest BCUT2D eigenvalue weighted by Crippen LogP contribution is -2.32. The number of ether oxygens (including phenoxy) is 1. The molecule has 1 aromatic heterocycles. The Bertz CT molecular complexity index is 285. The lowest BCUT2D eigenvalue weighted by Gasteiger charge is -1.81. The first-order chi connectivity index (χ1) is 4.88. The minimum atomic E-state index is -0.298. The number of hydrogen-bond acceptors (Lipinski definition) is 3. The first-order valence-corrected chi connectivity index (χ1v) is 2.88. The summed E-state index contributed by atoms with van der Waals surface area (Å²) >= 11 is 0. The molecule has 0 aromatic carbocycles. The van der Waals surface area contributed by atoms with Gasteiger partial charge in [0.2, 0.25) is 0 Å². The van der Waals surface area contributed by atoms with Crippen molar-refractivity contribution in [1.82, 2.24) is 4.98 Å². The van der Waals surface area contributed by atoms with Crippen LogP contribution in [0.4, 0.5) is 0 Å². The molecule has 1 aliphatic rings. The van der Waals surface area contributed by atoms with Crippen LogP contribution in [-0.2, 0) is 11.5 Å². The molecule has 0 N–H and O–H groups in total. The van der Waals surface area contributed by atoms with E-state index in [1.165, 1.54) is 6.20 Å². The number of carbonyl (C=O) groups excluding carboxylic acids is 1. The molecule has 0 saturated heterocycles. The number of hydrogen-bond donors (Lipinski definition) is 0. The lowest BCUT2D eigenvalue weighted by atomic mass is 10.5. The zero-order chi connectivity index (χ0) is 6.97. The maximum absolute atomic E-state index is 10.8. The predicted molar refractivity (Wildman–Crippen MR) is 29.8 cm³/mol. The summed E-state index contributed by atoms with van der Waals surface area (Å²) in [4.78, 5) is 14.6. The molecule has 50 valence electrons. The molecule has 4 heteroatoms. The molecule has 1 aromatic rings. The normalized spacial score (nSPS) is 14.6. The highest BCUT2D eigenvalue weighted by Gasteiger charge is 2.28. The van der Waals surface area contributed by atoms with Crippen LogP contribution in [0.25, 0.3) is 0 Å². The zero-order valence-corrected chi connectivity index (χ0v) is 5.15. The summed E-state index contributed by atoms with van der Waals surface area (Å²) in [5.41, 5.74) is 0.516. The Morgan fingerprint density at radius 3 is 3.40 bits per heavy atom. The molecule has 4 nitrogen and oxygen atoms in total. The van der Waals surface area contributed by atoms with E-state index in [2.05, 4.69) is 4.98 Å². The van der Waals surface area contributed by atoms with Crippen molar-refractivity contribution < 1.29 is 14.1 Å². The molecule has 0 atom stereocenters. The van der Waals surface area contributed by atoms with Gasteiger partial charge in [-0.05, 0) is 0 Å². The van der Waals surface area contributed by atoms with E-state index in [4.69, 9.17) is 4.74 Å². The Morgan fingerprint density at radius 2 is 2.60 bits per heavy atom. The topological polar surface area (TPSA) is 43.1 Å². The summed E-state index contributed by atoms with van der Waals surface area (Å²) in [5.74, 6) is -0.298. The lowest BCUT2D eigenvalue weighted by molar-refractivity contribution is -0.714. The Hall–Kier alpha value is -1.45. The average Bonchev–Trinajstić information content (AvgIpc) is 2.34. The Balaban J connectivity index is 2.61. The summed E-state index contributed by atoms with van der Waals surface area (Å²) in [6, 6.07) is 0. The van der Waals surface area contributed by atoms with E-state index in [0.29, 0.717) is 12.4 Å². The molecule has 0 aliphatic carbocycles. The number of rotatable bonds is 0. The monoisotopic (exact) mass is 137 g/mol. The van der Waals surface area contributed by atoms with Gasteiger partial charge >= 0.3 is 11.7 Å². The van der Waals surface area contributed by atoms with Crippen molar-refractivity contribution in [2.24, 2.45) is 0 Å². The fraction of sp³-hybridized carbons (Fsp3) is 0.167. The predicted octanol–water partition coefficient (Wildman–Crippen LogP) is -0.503. The second-order valence-electron chi connectivity index (χ2n) is 1.99. The molecule has 10 heavy (non-hydrogen) atoms. The van der Waals surface area contributed by atoms with Crippen LogP contribution in [0, 0.1) is 0 Å². The number of esters is 1. The summed E-state index contributed by atoms with van der Waals surface area (Å²) < 4.78 is 6.41. The van der Waals surface area contributed by atoms with Crippen LogP contribution < -0.4 is 4.57 Å². The highest BCUT2D eigenvalue weighted by Crippen LogP contribution is 1.98. The van der Waals surface area contributed by atoms with E-state index < -0.39 is 0 Å². The smallest absolute Gasteiger partial charge is 0.397 e. The summed E-state index contributed by atoms with van der Waals surface area (Å²) in [6.07, 6.45) is 4.82. The van der Waals surface area contributed by atoms with Crippen LogP contribution in [0.3, 0.4) is 0 Å². The molecule has 0 fully saturated rings. The molecule has 2 rings (SSSR count). The Kier molecular flexibility index (Phi) is 0.943. The van der Waals surface area contributed by atoms with Gasteiger partial charge in [-0.1, -0.05) is 0 Å². The third-order valence-corrected chi connectivity index (χ3v) is 1.38. The maximum Gasteiger partial charge on any atom is 0.410 e. The number of nitrogens with zero attached hydrogens (tertiary/aromatic N) is 2. The molecule has 2 heterocycles. The SMILES string of the molecule is O=C1OC[n+]2ccncc21. The van der Waals surface area contributed by atoms with E-state index in [0.717, 1.165) is 0 Å². The average molecular weight is 137 g/mol. The van der Waals surface area contributed by atoms with Crippen LogP contribution in [0.15, 0.2) is 18.6 Å². The van der Waals surface area contributed by atoms with Crippen LogP contribution in [0.5, 0.6) is 0 Å². The second-order valence-corrected chi connectivity index (χ2v) is 1.99. The highest BCUT2D eigenvalue weighted by molar-refractivity contribution is 5.85. The molecule has 0 saturated carbocycles. The molecule has 1 aliphatic heterocycles. The Labute approximate surface area is 57.1 Å². The second kappa shape index (κ2) is 1.76. The fourth-order valence-electron chi connectivity index (χ4n) is 0.872. The van der Waals surface area contributed by atoms with Gasteiger partial charge in [0.15, 0.2) is 6.20 Å². The molecule has 0 spiro atoms. The number of fused-ring (bicyclic) bond motifs is 1. The van der Waals surface area contributed by atoms with Crippen LogP contribution in [0.2, 0.25) is 0 Å². The fourth-order valence-corrected chi connectivity index (χ4v) is 0.872. The van der Waals surface area contributed by atoms with Crippen molar-refractivity contribution >= 4 is 5.97 Å². The highest BCUT2D eigenvalue weighted by atomic mass is 16.6. The minimum absolute atomic E-state index is 0.298.